The summed E-state index contributed by atoms with van der Waals surface area (Å²) in [4.78, 5) is 12.0. The van der Waals surface area contributed by atoms with Crippen LogP contribution in [0.2, 0.25) is 0 Å². The molecular weight excluding hydrogens is 316 g/mol. The Morgan fingerprint density at radius 1 is 1.23 bits per heavy atom. The number of halogens is 2. The molecule has 9 heteroatoms. The molecule has 1 amide bonds. The van der Waals surface area contributed by atoms with E-state index in [1.54, 1.807) is 0 Å². The van der Waals surface area contributed by atoms with Crippen molar-refractivity contribution >= 4 is 15.9 Å². The van der Waals surface area contributed by atoms with Crippen LogP contribution in [0.3, 0.4) is 0 Å². The fourth-order valence-electron chi connectivity index (χ4n) is 2.92. The molecule has 128 valence electrons. The van der Waals surface area contributed by atoms with Crippen molar-refractivity contribution in [2.24, 2.45) is 5.92 Å². The second-order valence-corrected chi connectivity index (χ2v) is 7.80. The number of hydrogen-bond donors (Lipinski definition) is 2. The van der Waals surface area contributed by atoms with E-state index in [4.69, 9.17) is 0 Å². The summed E-state index contributed by atoms with van der Waals surface area (Å²) < 4.78 is 48.5. The van der Waals surface area contributed by atoms with Gasteiger partial charge >= 0.3 is 5.76 Å². The van der Waals surface area contributed by atoms with Crippen molar-refractivity contribution in [3.63, 3.8) is 0 Å². The van der Waals surface area contributed by atoms with Crippen LogP contribution < -0.4 is 10.6 Å². The van der Waals surface area contributed by atoms with E-state index in [9.17, 15) is 22.0 Å². The molecule has 0 saturated carbocycles. The molecule has 0 aromatic heterocycles. The zero-order chi connectivity index (χ0) is 16.2. The largest absolute Gasteiger partial charge is 0.354 e. The molecule has 2 heterocycles. The van der Waals surface area contributed by atoms with Crippen LogP contribution in [0.1, 0.15) is 32.1 Å². The van der Waals surface area contributed by atoms with E-state index in [1.165, 1.54) is 0 Å². The van der Waals surface area contributed by atoms with Crippen LogP contribution in [-0.2, 0) is 14.8 Å². The zero-order valence-corrected chi connectivity index (χ0v) is 13.2. The Morgan fingerprint density at radius 2 is 1.91 bits per heavy atom. The van der Waals surface area contributed by atoms with Gasteiger partial charge in [-0.1, -0.05) is 6.42 Å². The Morgan fingerprint density at radius 3 is 2.45 bits per heavy atom. The van der Waals surface area contributed by atoms with Crippen LogP contribution >= 0.6 is 0 Å². The number of carbonyl (C=O) groups excluding carboxylic acids is 1. The van der Waals surface area contributed by atoms with E-state index in [0.29, 0.717) is 19.4 Å². The maximum Gasteiger partial charge on any atom is 0.350 e. The van der Waals surface area contributed by atoms with Crippen LogP contribution in [-0.4, -0.2) is 56.6 Å². The molecule has 2 saturated heterocycles. The standard InChI is InChI=1S/C13H23F2N3O3S/c14-13(15)22(20,21)18-7-4-10(5-8-18)9-17-12(19)11-3-1-2-6-16-11/h10-11,13,16H,1-9H2,(H,17,19). The lowest BCUT2D eigenvalue weighted by atomic mass is 9.97. The maximum atomic E-state index is 12.5. The van der Waals surface area contributed by atoms with Crippen molar-refractivity contribution in [1.82, 2.24) is 14.9 Å². The minimum Gasteiger partial charge on any atom is -0.354 e. The van der Waals surface area contributed by atoms with Crippen molar-refractivity contribution in [3.05, 3.63) is 0 Å². The fraction of sp³-hybridized carbons (Fsp3) is 0.923. The molecule has 0 aliphatic carbocycles. The molecule has 2 N–H and O–H groups in total. The van der Waals surface area contributed by atoms with E-state index in [1.807, 2.05) is 0 Å². The van der Waals surface area contributed by atoms with Crippen LogP contribution in [0.15, 0.2) is 0 Å². The van der Waals surface area contributed by atoms with Crippen LogP contribution in [0.25, 0.3) is 0 Å². The Kier molecular flexibility index (Phi) is 6.10. The summed E-state index contributed by atoms with van der Waals surface area (Å²) in [5.74, 6) is -3.25. The topological polar surface area (TPSA) is 78.5 Å². The number of alkyl halides is 2. The molecule has 0 aromatic carbocycles. The number of sulfonamides is 1. The summed E-state index contributed by atoms with van der Waals surface area (Å²) in [6, 6.07) is -0.145. The van der Waals surface area contributed by atoms with Gasteiger partial charge in [-0.25, -0.2) is 8.42 Å². The molecule has 2 fully saturated rings. The van der Waals surface area contributed by atoms with Crippen molar-refractivity contribution in [3.8, 4) is 0 Å². The van der Waals surface area contributed by atoms with Gasteiger partial charge in [-0.15, -0.1) is 0 Å². The predicted octanol–water partition coefficient (Wildman–Crippen LogP) is 0.509. The van der Waals surface area contributed by atoms with Gasteiger partial charge < -0.3 is 10.6 Å². The molecule has 0 aromatic rings. The molecular formula is C13H23F2N3O3S. The summed E-state index contributed by atoms with van der Waals surface area (Å²) in [5.41, 5.74) is 0. The van der Waals surface area contributed by atoms with Gasteiger partial charge in [-0.3, -0.25) is 4.79 Å². The van der Waals surface area contributed by atoms with Gasteiger partial charge in [-0.05, 0) is 38.1 Å². The first-order chi connectivity index (χ1) is 10.4. The molecule has 0 radical (unpaired) electrons. The zero-order valence-electron chi connectivity index (χ0n) is 12.4. The Bertz CT molecular complexity index is 473. The van der Waals surface area contributed by atoms with Crippen molar-refractivity contribution < 1.29 is 22.0 Å². The second-order valence-electron chi connectivity index (χ2n) is 5.90. The van der Waals surface area contributed by atoms with Gasteiger partial charge in [0, 0.05) is 19.6 Å². The average molecular weight is 339 g/mol. The number of nitrogens with one attached hydrogen (secondary N) is 2. The lowest BCUT2D eigenvalue weighted by molar-refractivity contribution is -0.123. The van der Waals surface area contributed by atoms with Gasteiger partial charge in [0.1, 0.15) is 0 Å². The molecule has 0 spiro atoms. The van der Waals surface area contributed by atoms with E-state index in [2.05, 4.69) is 10.6 Å². The number of piperidine rings is 2. The minimum absolute atomic E-state index is 0.0256. The molecule has 2 aliphatic heterocycles. The third-order valence-electron chi connectivity index (χ3n) is 4.35. The second kappa shape index (κ2) is 7.65. The highest BCUT2D eigenvalue weighted by Gasteiger charge is 2.34. The van der Waals surface area contributed by atoms with Crippen LogP contribution in [0.5, 0.6) is 0 Å². The van der Waals surface area contributed by atoms with E-state index in [-0.39, 0.29) is 31.0 Å². The number of hydrogen-bond acceptors (Lipinski definition) is 4. The molecule has 0 bridgehead atoms. The summed E-state index contributed by atoms with van der Waals surface area (Å²) >= 11 is 0. The Labute approximate surface area is 129 Å². The summed E-state index contributed by atoms with van der Waals surface area (Å²) in [6.07, 6.45) is 3.93. The van der Waals surface area contributed by atoms with Crippen molar-refractivity contribution in [2.45, 2.75) is 43.9 Å². The van der Waals surface area contributed by atoms with Gasteiger partial charge in [0.05, 0.1) is 6.04 Å². The molecule has 1 unspecified atom stereocenters. The number of nitrogens with zero attached hydrogens (tertiary/aromatic N) is 1. The number of rotatable bonds is 5. The molecule has 22 heavy (non-hydrogen) atoms. The van der Waals surface area contributed by atoms with Gasteiger partial charge in [0.15, 0.2) is 0 Å². The molecule has 2 rings (SSSR count). The minimum atomic E-state index is -4.47. The normalized spacial score (nSPS) is 25.3. The lowest BCUT2D eigenvalue weighted by Gasteiger charge is -2.31. The van der Waals surface area contributed by atoms with Crippen molar-refractivity contribution in [1.29, 1.82) is 0 Å². The van der Waals surface area contributed by atoms with E-state index >= 15 is 0 Å². The van der Waals surface area contributed by atoms with Gasteiger partial charge in [0.25, 0.3) is 10.0 Å². The number of amides is 1. The Hall–Kier alpha value is -0.800. The van der Waals surface area contributed by atoms with E-state index < -0.39 is 15.8 Å². The van der Waals surface area contributed by atoms with E-state index in [0.717, 1.165) is 30.1 Å². The first-order valence-electron chi connectivity index (χ1n) is 7.69. The first kappa shape index (κ1) is 17.6. The first-order valence-corrected chi connectivity index (χ1v) is 9.20. The van der Waals surface area contributed by atoms with Gasteiger partial charge in [-0.2, -0.15) is 13.1 Å². The fourth-order valence-corrected chi connectivity index (χ4v) is 3.87. The maximum absolute atomic E-state index is 12.5. The van der Waals surface area contributed by atoms with Crippen LogP contribution in [0.4, 0.5) is 8.78 Å². The average Bonchev–Trinajstić information content (AvgIpc) is 2.53. The summed E-state index contributed by atoms with van der Waals surface area (Å²) in [5, 5.41) is 6.04. The Balaban J connectivity index is 1.72. The quantitative estimate of drug-likeness (QED) is 0.765. The van der Waals surface area contributed by atoms with Crippen LogP contribution in [0, 0.1) is 5.92 Å². The highest BCUT2D eigenvalue weighted by atomic mass is 32.2. The lowest BCUT2D eigenvalue weighted by Crippen LogP contribution is -2.49. The highest BCUT2D eigenvalue weighted by Crippen LogP contribution is 2.22. The van der Waals surface area contributed by atoms with Crippen molar-refractivity contribution in [2.75, 3.05) is 26.2 Å². The van der Waals surface area contributed by atoms with Gasteiger partial charge in [0.2, 0.25) is 5.91 Å². The summed E-state index contributed by atoms with van der Waals surface area (Å²) in [6.45, 7) is 1.51. The monoisotopic (exact) mass is 339 g/mol. The third kappa shape index (κ3) is 4.36. The molecule has 6 nitrogen and oxygen atoms in total. The SMILES string of the molecule is O=C(NCC1CCN(S(=O)(=O)C(F)F)CC1)C1CCCCN1. The molecule has 1 atom stereocenters. The number of carbonyl (C=O) groups is 1. The molecule has 2 aliphatic rings. The summed E-state index contributed by atoms with van der Waals surface area (Å²) in [7, 11) is -4.47. The predicted molar refractivity (Wildman–Crippen MR) is 77.9 cm³/mol. The smallest absolute Gasteiger partial charge is 0.350 e. The third-order valence-corrected chi connectivity index (χ3v) is 5.89. The highest BCUT2D eigenvalue weighted by molar-refractivity contribution is 7.89.